The Kier molecular flexibility index (Phi) is 5.13. The Balaban J connectivity index is 2.70. The highest BCUT2D eigenvalue weighted by Gasteiger charge is 2.23. The molecule has 0 radical (unpaired) electrons. The monoisotopic (exact) mass is 287 g/mol. The van der Waals surface area contributed by atoms with Gasteiger partial charge in [-0.2, -0.15) is 0 Å². The van der Waals surface area contributed by atoms with E-state index in [0.717, 1.165) is 12.1 Å². The zero-order chi connectivity index (χ0) is 15.3. The Morgan fingerprint density at radius 3 is 2.35 bits per heavy atom. The standard InChI is InChI=1S/C12H11F2NO5/c13-7-2-1-6(8(14)4-7)3-10(16)15-9(12(19)20)5-11(17)18/h1-2,4,9H,3,5H2,(H,15,16)(H,17,18)(H,19,20)/t9-/m0/s1. The first-order chi connectivity index (χ1) is 9.29. The van der Waals surface area contributed by atoms with Crippen molar-refractivity contribution in [1.29, 1.82) is 0 Å². The maximum atomic E-state index is 13.3. The summed E-state index contributed by atoms with van der Waals surface area (Å²) in [5.74, 6) is -5.53. The molecule has 0 fully saturated rings. The molecule has 0 heterocycles. The van der Waals surface area contributed by atoms with Crippen molar-refractivity contribution in [2.45, 2.75) is 18.9 Å². The van der Waals surface area contributed by atoms with Crippen LogP contribution in [0.1, 0.15) is 12.0 Å². The number of carbonyl (C=O) groups is 3. The third-order valence-electron chi connectivity index (χ3n) is 2.38. The predicted molar refractivity (Wildman–Crippen MR) is 61.9 cm³/mol. The Morgan fingerprint density at radius 2 is 1.85 bits per heavy atom. The lowest BCUT2D eigenvalue weighted by Gasteiger charge is -2.12. The minimum absolute atomic E-state index is 0.122. The number of amides is 1. The molecular formula is C12H11F2NO5. The van der Waals surface area contributed by atoms with Crippen molar-refractivity contribution in [1.82, 2.24) is 5.32 Å². The van der Waals surface area contributed by atoms with Gasteiger partial charge in [-0.15, -0.1) is 0 Å². The highest BCUT2D eigenvalue weighted by Crippen LogP contribution is 2.10. The summed E-state index contributed by atoms with van der Waals surface area (Å²) in [7, 11) is 0. The lowest BCUT2D eigenvalue weighted by molar-refractivity contribution is -0.147. The fourth-order valence-electron chi connectivity index (χ4n) is 1.46. The van der Waals surface area contributed by atoms with E-state index in [2.05, 4.69) is 0 Å². The van der Waals surface area contributed by atoms with Gasteiger partial charge in [-0.1, -0.05) is 6.07 Å². The second-order valence-electron chi connectivity index (χ2n) is 3.97. The van der Waals surface area contributed by atoms with E-state index in [4.69, 9.17) is 10.2 Å². The normalized spacial score (nSPS) is 11.7. The van der Waals surface area contributed by atoms with Crippen LogP contribution in [0.25, 0.3) is 0 Å². The van der Waals surface area contributed by atoms with Gasteiger partial charge in [0.2, 0.25) is 5.91 Å². The van der Waals surface area contributed by atoms with Gasteiger partial charge in [0, 0.05) is 6.07 Å². The summed E-state index contributed by atoms with van der Waals surface area (Å²) in [5, 5.41) is 19.2. The van der Waals surface area contributed by atoms with E-state index in [1.807, 2.05) is 5.32 Å². The number of nitrogens with one attached hydrogen (secondary N) is 1. The molecule has 0 spiro atoms. The Morgan fingerprint density at radius 1 is 1.20 bits per heavy atom. The number of benzene rings is 1. The first kappa shape index (κ1) is 15.5. The van der Waals surface area contributed by atoms with Crippen LogP contribution < -0.4 is 5.32 Å². The largest absolute Gasteiger partial charge is 0.481 e. The molecule has 6 nitrogen and oxygen atoms in total. The minimum atomic E-state index is -1.61. The zero-order valence-electron chi connectivity index (χ0n) is 10.1. The zero-order valence-corrected chi connectivity index (χ0v) is 10.1. The molecule has 1 amide bonds. The molecule has 0 saturated carbocycles. The fraction of sp³-hybridized carbons (Fsp3) is 0.250. The van der Waals surface area contributed by atoms with Gasteiger partial charge in [0.1, 0.15) is 17.7 Å². The fourth-order valence-corrected chi connectivity index (χ4v) is 1.46. The van der Waals surface area contributed by atoms with Crippen molar-refractivity contribution in [3.63, 3.8) is 0 Å². The summed E-state index contributed by atoms with van der Waals surface area (Å²) in [6, 6.07) is 0.993. The van der Waals surface area contributed by atoms with Crippen LogP contribution in [-0.2, 0) is 20.8 Å². The van der Waals surface area contributed by atoms with E-state index < -0.39 is 48.4 Å². The maximum absolute atomic E-state index is 13.3. The number of carboxylic acid groups (broad SMARTS) is 2. The molecular weight excluding hydrogens is 276 g/mol. The van der Waals surface area contributed by atoms with Gasteiger partial charge in [-0.3, -0.25) is 9.59 Å². The van der Waals surface area contributed by atoms with Gasteiger partial charge < -0.3 is 15.5 Å². The Labute approximate surface area is 112 Å². The van der Waals surface area contributed by atoms with Gasteiger partial charge in [0.05, 0.1) is 12.8 Å². The van der Waals surface area contributed by atoms with Gasteiger partial charge >= 0.3 is 11.9 Å². The predicted octanol–water partition coefficient (Wildman–Crippen LogP) is 0.551. The van der Waals surface area contributed by atoms with Crippen molar-refractivity contribution in [2.24, 2.45) is 0 Å². The number of carboxylic acids is 2. The molecule has 0 saturated heterocycles. The molecule has 0 aliphatic carbocycles. The van der Waals surface area contributed by atoms with Crippen molar-refractivity contribution in [3.8, 4) is 0 Å². The van der Waals surface area contributed by atoms with E-state index in [0.29, 0.717) is 6.07 Å². The van der Waals surface area contributed by atoms with Crippen molar-refractivity contribution < 1.29 is 33.4 Å². The van der Waals surface area contributed by atoms with E-state index in [1.165, 1.54) is 0 Å². The molecule has 20 heavy (non-hydrogen) atoms. The van der Waals surface area contributed by atoms with Crippen LogP contribution in [0.3, 0.4) is 0 Å². The van der Waals surface area contributed by atoms with Crippen LogP contribution >= 0.6 is 0 Å². The number of carbonyl (C=O) groups excluding carboxylic acids is 1. The first-order valence-corrected chi connectivity index (χ1v) is 5.47. The highest BCUT2D eigenvalue weighted by atomic mass is 19.1. The average Bonchev–Trinajstić information content (AvgIpc) is 2.31. The van der Waals surface area contributed by atoms with Crippen LogP contribution in [0, 0.1) is 11.6 Å². The molecule has 1 rings (SSSR count). The van der Waals surface area contributed by atoms with Gasteiger partial charge in [-0.25, -0.2) is 13.6 Å². The number of rotatable bonds is 6. The Bertz CT molecular complexity index is 547. The summed E-state index contributed by atoms with van der Waals surface area (Å²) in [6.07, 6.45) is -1.32. The SMILES string of the molecule is O=C(O)C[C@H](NC(=O)Cc1ccc(F)cc1F)C(=O)O. The Hall–Kier alpha value is -2.51. The average molecular weight is 287 g/mol. The van der Waals surface area contributed by atoms with Crippen LogP contribution in [0.4, 0.5) is 8.78 Å². The van der Waals surface area contributed by atoms with Crippen LogP contribution in [0.15, 0.2) is 18.2 Å². The third kappa shape index (κ3) is 4.63. The summed E-state index contributed by atoms with van der Waals surface area (Å²) in [5.41, 5.74) is -0.122. The summed E-state index contributed by atoms with van der Waals surface area (Å²) < 4.78 is 25.9. The second kappa shape index (κ2) is 6.60. The van der Waals surface area contributed by atoms with E-state index in [-0.39, 0.29) is 5.56 Å². The van der Waals surface area contributed by atoms with E-state index >= 15 is 0 Å². The molecule has 0 unspecified atom stereocenters. The molecule has 0 aromatic heterocycles. The van der Waals surface area contributed by atoms with Crippen LogP contribution in [-0.4, -0.2) is 34.1 Å². The molecule has 1 aromatic rings. The van der Waals surface area contributed by atoms with Crippen molar-refractivity contribution in [3.05, 3.63) is 35.4 Å². The summed E-state index contributed by atoms with van der Waals surface area (Å²) >= 11 is 0. The number of halogens is 2. The molecule has 0 bridgehead atoms. The molecule has 1 atom stereocenters. The lowest BCUT2D eigenvalue weighted by atomic mass is 10.1. The lowest BCUT2D eigenvalue weighted by Crippen LogP contribution is -2.42. The highest BCUT2D eigenvalue weighted by molar-refractivity contribution is 5.87. The van der Waals surface area contributed by atoms with Gasteiger partial charge in [0.25, 0.3) is 0 Å². The molecule has 8 heteroatoms. The number of hydrogen-bond acceptors (Lipinski definition) is 3. The number of hydrogen-bond donors (Lipinski definition) is 3. The smallest absolute Gasteiger partial charge is 0.326 e. The molecule has 0 aliphatic heterocycles. The van der Waals surface area contributed by atoms with Crippen molar-refractivity contribution >= 4 is 17.8 Å². The van der Waals surface area contributed by atoms with E-state index in [9.17, 15) is 23.2 Å². The van der Waals surface area contributed by atoms with Gasteiger partial charge in [0.15, 0.2) is 0 Å². The maximum Gasteiger partial charge on any atom is 0.326 e. The molecule has 108 valence electrons. The first-order valence-electron chi connectivity index (χ1n) is 5.47. The molecule has 3 N–H and O–H groups in total. The minimum Gasteiger partial charge on any atom is -0.481 e. The second-order valence-corrected chi connectivity index (χ2v) is 3.97. The molecule has 0 aliphatic rings. The third-order valence-corrected chi connectivity index (χ3v) is 2.38. The topological polar surface area (TPSA) is 104 Å². The molecule has 1 aromatic carbocycles. The van der Waals surface area contributed by atoms with Crippen LogP contribution in [0.5, 0.6) is 0 Å². The van der Waals surface area contributed by atoms with Gasteiger partial charge in [-0.05, 0) is 11.6 Å². The van der Waals surface area contributed by atoms with E-state index in [1.54, 1.807) is 0 Å². The summed E-state index contributed by atoms with van der Waals surface area (Å²) in [6.45, 7) is 0. The quantitative estimate of drug-likeness (QED) is 0.709. The number of aliphatic carboxylic acids is 2. The van der Waals surface area contributed by atoms with Crippen LogP contribution in [0.2, 0.25) is 0 Å². The van der Waals surface area contributed by atoms with Crippen molar-refractivity contribution in [2.75, 3.05) is 0 Å². The summed E-state index contributed by atoms with van der Waals surface area (Å²) in [4.78, 5) is 32.7.